The van der Waals surface area contributed by atoms with Gasteiger partial charge in [0.25, 0.3) is 5.91 Å². The molecule has 2 atom stereocenters. The quantitative estimate of drug-likeness (QED) is 0.436. The maximum absolute atomic E-state index is 14.9. The lowest BCUT2D eigenvalue weighted by Gasteiger charge is -2.40. The van der Waals surface area contributed by atoms with Crippen molar-refractivity contribution in [2.75, 3.05) is 25.6 Å². The zero-order valence-corrected chi connectivity index (χ0v) is 23.7. The van der Waals surface area contributed by atoms with Gasteiger partial charge in [-0.3, -0.25) is 9.78 Å². The van der Waals surface area contributed by atoms with Crippen molar-refractivity contribution in [3.8, 4) is 11.6 Å². The summed E-state index contributed by atoms with van der Waals surface area (Å²) in [7, 11) is 1.51. The normalized spacial score (nSPS) is 18.9. The second-order valence-corrected chi connectivity index (χ2v) is 11.3. The molecule has 0 aliphatic carbocycles. The standard InChI is InChI=1S/C29H35FN6O5/c1-29(2,3)41-28(38)36-15-18(31-13-17-6-11-23-27(33-17)34-24(37)16-40-23)5-7-19(36)8-9-20-21(30)14-32-22-10-12-25(39-4)35-26(20)22/h6,10-12,14,18-19,31H,5,7-9,13,15-16H2,1-4H3,(H,33,34,37)/t18-,19+/m0/s1. The summed E-state index contributed by atoms with van der Waals surface area (Å²) in [5.74, 6) is 0.656. The predicted molar refractivity (Wildman–Crippen MR) is 149 cm³/mol. The number of carbonyl (C=O) groups is 2. The number of amides is 2. The van der Waals surface area contributed by atoms with E-state index in [2.05, 4.69) is 25.6 Å². The molecule has 3 aromatic rings. The van der Waals surface area contributed by atoms with E-state index in [1.807, 2.05) is 26.8 Å². The van der Waals surface area contributed by atoms with Crippen LogP contribution in [0.15, 0.2) is 30.5 Å². The summed E-state index contributed by atoms with van der Waals surface area (Å²) in [5, 5.41) is 6.21. The summed E-state index contributed by atoms with van der Waals surface area (Å²) >= 11 is 0. The molecule has 3 aromatic heterocycles. The number of piperidine rings is 1. The summed E-state index contributed by atoms with van der Waals surface area (Å²) in [6.07, 6.45) is 3.23. The Labute approximate surface area is 237 Å². The first kappa shape index (κ1) is 28.5. The lowest BCUT2D eigenvalue weighted by molar-refractivity contribution is -0.118. The number of aromatic nitrogens is 3. The van der Waals surface area contributed by atoms with Crippen molar-refractivity contribution in [2.45, 2.75) is 70.7 Å². The highest BCUT2D eigenvalue weighted by molar-refractivity contribution is 5.94. The maximum Gasteiger partial charge on any atom is 0.410 e. The number of hydrogen-bond donors (Lipinski definition) is 2. The van der Waals surface area contributed by atoms with Gasteiger partial charge >= 0.3 is 6.09 Å². The molecule has 1 saturated heterocycles. The van der Waals surface area contributed by atoms with E-state index in [4.69, 9.17) is 14.2 Å². The van der Waals surface area contributed by atoms with Gasteiger partial charge in [-0.25, -0.2) is 19.2 Å². The highest BCUT2D eigenvalue weighted by Crippen LogP contribution is 2.28. The number of carbonyl (C=O) groups excluding carboxylic acids is 2. The van der Waals surface area contributed by atoms with E-state index in [-0.39, 0.29) is 24.6 Å². The van der Waals surface area contributed by atoms with Crippen LogP contribution in [0.1, 0.15) is 51.3 Å². The van der Waals surface area contributed by atoms with Gasteiger partial charge < -0.3 is 29.7 Å². The Hall–Kier alpha value is -4.06. The molecule has 41 heavy (non-hydrogen) atoms. The predicted octanol–water partition coefficient (Wildman–Crippen LogP) is 3.99. The van der Waals surface area contributed by atoms with Crippen LogP contribution in [0.4, 0.5) is 15.0 Å². The van der Waals surface area contributed by atoms with Gasteiger partial charge in [-0.15, -0.1) is 0 Å². The smallest absolute Gasteiger partial charge is 0.410 e. The summed E-state index contributed by atoms with van der Waals surface area (Å²) in [6, 6.07) is 6.93. The number of ether oxygens (including phenoxy) is 3. The highest BCUT2D eigenvalue weighted by Gasteiger charge is 2.34. The maximum atomic E-state index is 14.9. The molecule has 0 saturated carbocycles. The van der Waals surface area contributed by atoms with Crippen LogP contribution in [0.25, 0.3) is 11.0 Å². The molecule has 5 rings (SSSR count). The fraction of sp³-hybridized carbons (Fsp3) is 0.483. The van der Waals surface area contributed by atoms with Gasteiger partial charge in [-0.1, -0.05) is 0 Å². The summed E-state index contributed by atoms with van der Waals surface area (Å²) < 4.78 is 31.3. The van der Waals surface area contributed by atoms with E-state index in [0.717, 1.165) is 12.1 Å². The first-order valence-electron chi connectivity index (χ1n) is 13.7. The fourth-order valence-electron chi connectivity index (χ4n) is 5.13. The molecule has 2 aliphatic rings. The lowest BCUT2D eigenvalue weighted by atomic mass is 9.93. The number of nitrogens with one attached hydrogen (secondary N) is 2. The van der Waals surface area contributed by atoms with Gasteiger partial charge in [0.2, 0.25) is 5.88 Å². The average molecular weight is 567 g/mol. The number of pyridine rings is 3. The van der Waals surface area contributed by atoms with E-state index in [1.54, 1.807) is 23.1 Å². The van der Waals surface area contributed by atoms with Crippen LogP contribution >= 0.6 is 0 Å². The molecule has 11 nitrogen and oxygen atoms in total. The first-order chi connectivity index (χ1) is 19.6. The SMILES string of the molecule is COc1ccc2ncc(F)c(CC[C@H]3CC[C@H](NCc4ccc5c(n4)NC(=O)CO5)CN3C(=O)OC(C)(C)C)c2n1. The number of anilines is 1. The number of methoxy groups -OCH3 is 1. The third-order valence-electron chi connectivity index (χ3n) is 7.11. The molecule has 0 unspecified atom stereocenters. The molecule has 218 valence electrons. The molecule has 0 radical (unpaired) electrons. The number of hydrogen-bond acceptors (Lipinski definition) is 9. The molecule has 0 spiro atoms. The van der Waals surface area contributed by atoms with Crippen molar-refractivity contribution < 1.29 is 28.2 Å². The first-order valence-corrected chi connectivity index (χ1v) is 13.7. The molecule has 2 amide bonds. The minimum atomic E-state index is -0.657. The van der Waals surface area contributed by atoms with Crippen molar-refractivity contribution in [3.05, 3.63) is 47.5 Å². The number of rotatable bonds is 7. The van der Waals surface area contributed by atoms with E-state index < -0.39 is 17.5 Å². The molecule has 0 aromatic carbocycles. The minimum Gasteiger partial charge on any atom is -0.481 e. The number of halogens is 1. The van der Waals surface area contributed by atoms with E-state index >= 15 is 0 Å². The lowest BCUT2D eigenvalue weighted by Crippen LogP contribution is -2.54. The van der Waals surface area contributed by atoms with Gasteiger partial charge in [0.05, 0.1) is 30.0 Å². The van der Waals surface area contributed by atoms with E-state index in [1.165, 1.54) is 13.3 Å². The average Bonchev–Trinajstić information content (AvgIpc) is 2.94. The third-order valence-corrected chi connectivity index (χ3v) is 7.11. The van der Waals surface area contributed by atoms with E-state index in [9.17, 15) is 14.0 Å². The molecule has 2 aliphatic heterocycles. The number of aryl methyl sites for hydroxylation is 1. The van der Waals surface area contributed by atoms with Crippen molar-refractivity contribution >= 4 is 28.9 Å². The Balaban J connectivity index is 1.28. The second-order valence-electron chi connectivity index (χ2n) is 11.3. The highest BCUT2D eigenvalue weighted by atomic mass is 19.1. The largest absolute Gasteiger partial charge is 0.481 e. The van der Waals surface area contributed by atoms with Gasteiger partial charge in [0, 0.05) is 36.8 Å². The molecule has 5 heterocycles. The third kappa shape index (κ3) is 6.82. The number of nitrogens with zero attached hydrogens (tertiary/aromatic N) is 4. The van der Waals surface area contributed by atoms with Gasteiger partial charge in [-0.2, -0.15) is 0 Å². The van der Waals surface area contributed by atoms with Gasteiger partial charge in [0.15, 0.2) is 18.2 Å². The summed E-state index contributed by atoms with van der Waals surface area (Å²) in [5.41, 5.74) is 1.58. The van der Waals surface area contributed by atoms with Crippen LogP contribution in [0.3, 0.4) is 0 Å². The second kappa shape index (κ2) is 11.8. The Bertz CT molecular complexity index is 1450. The van der Waals surface area contributed by atoms with Crippen molar-refractivity contribution in [1.29, 1.82) is 0 Å². The topological polar surface area (TPSA) is 128 Å². The van der Waals surface area contributed by atoms with Crippen LogP contribution in [-0.2, 0) is 22.5 Å². The van der Waals surface area contributed by atoms with Gasteiger partial charge in [0.1, 0.15) is 11.4 Å². The zero-order chi connectivity index (χ0) is 29.1. The van der Waals surface area contributed by atoms with Gasteiger partial charge in [-0.05, 0) is 64.7 Å². The summed E-state index contributed by atoms with van der Waals surface area (Å²) in [4.78, 5) is 39.8. The molecular formula is C29H35FN6O5. The Morgan fingerprint density at radius 1 is 1.22 bits per heavy atom. The Morgan fingerprint density at radius 3 is 2.83 bits per heavy atom. The van der Waals surface area contributed by atoms with Crippen molar-refractivity contribution in [3.63, 3.8) is 0 Å². The Kier molecular flexibility index (Phi) is 8.20. The van der Waals surface area contributed by atoms with Crippen molar-refractivity contribution in [2.24, 2.45) is 0 Å². The van der Waals surface area contributed by atoms with Crippen LogP contribution in [0.5, 0.6) is 11.6 Å². The van der Waals surface area contributed by atoms with Crippen LogP contribution < -0.4 is 20.1 Å². The number of fused-ring (bicyclic) bond motifs is 2. The number of likely N-dealkylation sites (tertiary alicyclic amines) is 1. The molecule has 12 heteroatoms. The molecule has 2 N–H and O–H groups in total. The van der Waals surface area contributed by atoms with Crippen LogP contribution in [0.2, 0.25) is 0 Å². The molecular weight excluding hydrogens is 531 g/mol. The summed E-state index contributed by atoms with van der Waals surface area (Å²) in [6.45, 7) is 6.35. The van der Waals surface area contributed by atoms with E-state index in [0.29, 0.717) is 66.4 Å². The van der Waals surface area contributed by atoms with Crippen LogP contribution in [-0.4, -0.2) is 69.8 Å². The van der Waals surface area contributed by atoms with Crippen LogP contribution in [0, 0.1) is 5.82 Å². The molecule has 1 fully saturated rings. The fourth-order valence-corrected chi connectivity index (χ4v) is 5.13. The zero-order valence-electron chi connectivity index (χ0n) is 23.7. The Morgan fingerprint density at radius 2 is 2.05 bits per heavy atom. The monoisotopic (exact) mass is 566 g/mol. The minimum absolute atomic E-state index is 0.00754. The van der Waals surface area contributed by atoms with Crippen molar-refractivity contribution in [1.82, 2.24) is 25.2 Å². The molecule has 0 bridgehead atoms.